The third-order valence-electron chi connectivity index (χ3n) is 4.38. The molecule has 0 saturated heterocycles. The van der Waals surface area contributed by atoms with E-state index in [2.05, 4.69) is 25.4 Å². The molecule has 10 nitrogen and oxygen atoms in total. The molecule has 2 N–H and O–H groups in total. The van der Waals surface area contributed by atoms with Crippen LogP contribution in [0.15, 0.2) is 61.2 Å². The third-order valence-corrected chi connectivity index (χ3v) is 4.70. The van der Waals surface area contributed by atoms with Crippen molar-refractivity contribution in [1.29, 1.82) is 0 Å². The zero-order valence-electron chi connectivity index (χ0n) is 16.8. The number of ether oxygens (including phenoxy) is 2. The molecule has 3 aromatic heterocycles. The predicted octanol–water partition coefficient (Wildman–Crippen LogP) is 2.26. The van der Waals surface area contributed by atoms with Gasteiger partial charge in [-0.05, 0) is 24.3 Å². The number of carbonyl (C=O) groups is 1. The fourth-order valence-corrected chi connectivity index (χ4v) is 3.13. The van der Waals surface area contributed by atoms with Crippen molar-refractivity contribution in [3.05, 3.63) is 66.2 Å². The molecule has 1 unspecified atom stereocenters. The highest BCUT2D eigenvalue weighted by Gasteiger charge is 2.24. The molecule has 4 aromatic rings. The summed E-state index contributed by atoms with van der Waals surface area (Å²) in [5.74, 6) is 0.0432. The molecule has 1 aromatic carbocycles. The van der Waals surface area contributed by atoms with Crippen LogP contribution in [0.2, 0.25) is 5.02 Å². The zero-order valence-corrected chi connectivity index (χ0v) is 17.5. The van der Waals surface area contributed by atoms with Crippen LogP contribution in [0.1, 0.15) is 0 Å². The Labute approximate surface area is 187 Å². The van der Waals surface area contributed by atoms with Crippen molar-refractivity contribution >= 4 is 34.4 Å². The van der Waals surface area contributed by atoms with Crippen molar-refractivity contribution in [3.8, 4) is 11.6 Å². The van der Waals surface area contributed by atoms with Gasteiger partial charge in [-0.1, -0.05) is 29.8 Å². The van der Waals surface area contributed by atoms with Gasteiger partial charge < -0.3 is 19.9 Å². The third kappa shape index (κ3) is 4.83. The summed E-state index contributed by atoms with van der Waals surface area (Å²) in [6.07, 6.45) is 3.35. The van der Waals surface area contributed by atoms with Gasteiger partial charge in [0.05, 0.1) is 36.7 Å². The molecule has 11 heteroatoms. The molecule has 1 amide bonds. The lowest BCUT2D eigenvalue weighted by molar-refractivity contribution is -0.125. The molecule has 0 saturated carbocycles. The Balaban J connectivity index is 1.62. The van der Waals surface area contributed by atoms with Crippen LogP contribution in [-0.4, -0.2) is 61.7 Å². The number of halogens is 1. The number of amides is 1. The maximum atomic E-state index is 12.8. The highest BCUT2D eigenvalue weighted by Crippen LogP contribution is 2.27. The number of fused-ring (bicyclic) bond motifs is 1. The molecule has 1 atom stereocenters. The molecule has 0 radical (unpaired) electrons. The van der Waals surface area contributed by atoms with Gasteiger partial charge in [-0.3, -0.25) is 4.79 Å². The number of carbonyl (C=O) groups excluding carboxylic acids is 1. The number of aliphatic hydroxyl groups excluding tert-OH is 1. The molecular weight excluding hydrogens is 436 g/mol. The second kappa shape index (κ2) is 10.1. The summed E-state index contributed by atoms with van der Waals surface area (Å²) in [6.45, 7) is -0.235. The number of benzene rings is 1. The summed E-state index contributed by atoms with van der Waals surface area (Å²) in [4.78, 5) is 25.4. The lowest BCUT2D eigenvalue weighted by Crippen LogP contribution is -2.37. The molecule has 164 valence electrons. The topological polar surface area (TPSA) is 124 Å². The van der Waals surface area contributed by atoms with E-state index in [4.69, 9.17) is 26.2 Å². The second-order valence-electron chi connectivity index (χ2n) is 6.53. The van der Waals surface area contributed by atoms with Gasteiger partial charge >= 0.3 is 0 Å². The van der Waals surface area contributed by atoms with Crippen molar-refractivity contribution in [2.45, 2.75) is 6.10 Å². The van der Waals surface area contributed by atoms with E-state index in [0.29, 0.717) is 27.6 Å². The average Bonchev–Trinajstić information content (AvgIpc) is 3.24. The van der Waals surface area contributed by atoms with E-state index < -0.39 is 12.0 Å². The molecule has 0 aliphatic heterocycles. The van der Waals surface area contributed by atoms with E-state index in [9.17, 15) is 4.79 Å². The molecule has 0 spiro atoms. The van der Waals surface area contributed by atoms with Crippen LogP contribution in [0.3, 0.4) is 0 Å². The number of hydrogen-bond donors (Lipinski definition) is 2. The summed E-state index contributed by atoms with van der Waals surface area (Å²) in [7, 11) is 0. The van der Waals surface area contributed by atoms with E-state index in [-0.39, 0.29) is 25.7 Å². The number of pyridine rings is 1. The fourth-order valence-electron chi connectivity index (χ4n) is 2.91. The first-order valence-electron chi connectivity index (χ1n) is 9.68. The van der Waals surface area contributed by atoms with Gasteiger partial charge in [0, 0.05) is 6.20 Å². The van der Waals surface area contributed by atoms with Gasteiger partial charge in [0.25, 0.3) is 5.91 Å². The number of nitrogens with zero attached hydrogens (tertiary/aromatic N) is 5. The van der Waals surface area contributed by atoms with Crippen LogP contribution in [-0.2, 0) is 9.53 Å². The maximum Gasteiger partial charge on any atom is 0.269 e. The average molecular weight is 455 g/mol. The number of hydrogen-bond acceptors (Lipinski definition) is 8. The minimum absolute atomic E-state index is 0.0559. The van der Waals surface area contributed by atoms with Crippen LogP contribution < -0.4 is 10.1 Å². The van der Waals surface area contributed by atoms with Crippen molar-refractivity contribution in [3.63, 3.8) is 0 Å². The van der Waals surface area contributed by atoms with E-state index in [0.717, 1.165) is 0 Å². The summed E-state index contributed by atoms with van der Waals surface area (Å²) < 4.78 is 12.8. The molecule has 4 rings (SSSR count). The molecule has 0 aliphatic carbocycles. The monoisotopic (exact) mass is 454 g/mol. The van der Waals surface area contributed by atoms with Crippen LogP contribution >= 0.6 is 11.6 Å². The molecule has 32 heavy (non-hydrogen) atoms. The Bertz CT molecular complexity index is 1200. The van der Waals surface area contributed by atoms with Gasteiger partial charge in [0.1, 0.15) is 17.5 Å². The van der Waals surface area contributed by atoms with E-state index in [1.807, 2.05) is 18.2 Å². The Morgan fingerprint density at radius 1 is 1.16 bits per heavy atom. The van der Waals surface area contributed by atoms with E-state index in [1.165, 1.54) is 12.5 Å². The first-order chi connectivity index (χ1) is 15.7. The van der Waals surface area contributed by atoms with Gasteiger partial charge in [0.2, 0.25) is 12.0 Å². The number of aromatic nitrogens is 5. The Morgan fingerprint density at radius 3 is 2.78 bits per heavy atom. The van der Waals surface area contributed by atoms with Gasteiger partial charge in [0.15, 0.2) is 5.65 Å². The normalized spacial score (nSPS) is 11.9. The predicted molar refractivity (Wildman–Crippen MR) is 117 cm³/mol. The summed E-state index contributed by atoms with van der Waals surface area (Å²) in [5.41, 5.74) is 1.10. The highest BCUT2D eigenvalue weighted by molar-refractivity contribution is 6.32. The summed E-state index contributed by atoms with van der Waals surface area (Å²) >= 11 is 6.30. The first kappa shape index (κ1) is 21.6. The van der Waals surface area contributed by atoms with Gasteiger partial charge in [-0.15, -0.1) is 0 Å². The number of para-hydroxylation sites is 1. The largest absolute Gasteiger partial charge is 0.461 e. The Kier molecular flexibility index (Phi) is 6.85. The lowest BCUT2D eigenvalue weighted by Gasteiger charge is -2.18. The van der Waals surface area contributed by atoms with Gasteiger partial charge in [-0.2, -0.15) is 5.10 Å². The lowest BCUT2D eigenvalue weighted by atomic mass is 10.3. The number of nitrogens with one attached hydrogen (secondary N) is 1. The Morgan fingerprint density at radius 2 is 2.00 bits per heavy atom. The number of rotatable bonds is 9. The summed E-state index contributed by atoms with van der Waals surface area (Å²) in [6, 6.07) is 12.4. The smallest absolute Gasteiger partial charge is 0.269 e. The maximum absolute atomic E-state index is 12.8. The van der Waals surface area contributed by atoms with Crippen molar-refractivity contribution < 1.29 is 19.4 Å². The molecular formula is C21H19ClN6O4. The van der Waals surface area contributed by atoms with Crippen LogP contribution in [0.5, 0.6) is 5.88 Å². The van der Waals surface area contributed by atoms with Crippen LogP contribution in [0.25, 0.3) is 16.7 Å². The van der Waals surface area contributed by atoms with Crippen molar-refractivity contribution in [1.82, 2.24) is 24.7 Å². The number of anilines is 1. The molecule has 0 fully saturated rings. The fraction of sp³-hybridized carbons (Fsp3) is 0.190. The van der Waals surface area contributed by atoms with Gasteiger partial charge in [-0.25, -0.2) is 19.6 Å². The van der Waals surface area contributed by atoms with Crippen LogP contribution in [0.4, 0.5) is 5.82 Å². The van der Waals surface area contributed by atoms with Crippen molar-refractivity contribution in [2.75, 3.05) is 25.1 Å². The minimum atomic E-state index is -1.06. The minimum Gasteiger partial charge on any atom is -0.461 e. The molecule has 3 heterocycles. The highest BCUT2D eigenvalue weighted by atomic mass is 35.5. The van der Waals surface area contributed by atoms with E-state index >= 15 is 0 Å². The molecule has 0 aliphatic rings. The summed E-state index contributed by atoms with van der Waals surface area (Å²) in [5, 5.41) is 17.0. The molecule has 0 bridgehead atoms. The van der Waals surface area contributed by atoms with Crippen LogP contribution in [0, 0.1) is 0 Å². The zero-order chi connectivity index (χ0) is 22.3. The second-order valence-corrected chi connectivity index (χ2v) is 6.94. The Hall–Kier alpha value is -3.60. The SMILES string of the molecule is O=C(Nc1ccccn1)C(COCCO)Oc1ncnc2c1cnn2-c1ccccc1Cl. The van der Waals surface area contributed by atoms with Crippen molar-refractivity contribution in [2.24, 2.45) is 0 Å². The quantitative estimate of drug-likeness (QED) is 0.369. The number of aliphatic hydroxyl groups is 1. The van der Waals surface area contributed by atoms with E-state index in [1.54, 1.807) is 35.1 Å². The first-order valence-corrected chi connectivity index (χ1v) is 10.1. The standard InChI is InChI=1S/C21H19ClN6O4/c22-15-5-1-2-6-16(15)28-19-14(11-26-28)21(25-13-24-19)32-17(12-31-10-9-29)20(30)27-18-7-3-4-8-23-18/h1-8,11,13,17,29H,9-10,12H2,(H,23,27,30).